The van der Waals surface area contributed by atoms with E-state index in [9.17, 15) is 27.8 Å². The van der Waals surface area contributed by atoms with Crippen molar-refractivity contribution in [3.05, 3.63) is 82.9 Å². The van der Waals surface area contributed by atoms with E-state index in [2.05, 4.69) is 0 Å². The van der Waals surface area contributed by atoms with E-state index in [0.29, 0.717) is 16.9 Å². The molecule has 1 unspecified atom stereocenters. The summed E-state index contributed by atoms with van der Waals surface area (Å²) in [7, 11) is 0. The van der Waals surface area contributed by atoms with Crippen LogP contribution in [0.3, 0.4) is 0 Å². The van der Waals surface area contributed by atoms with Crippen LogP contribution in [0.1, 0.15) is 62.5 Å². The molecule has 2 N–H and O–H groups in total. The van der Waals surface area contributed by atoms with Crippen LogP contribution >= 0.6 is 0 Å². The van der Waals surface area contributed by atoms with Gasteiger partial charge in [-0.25, -0.2) is 13.2 Å². The number of phenols is 1. The van der Waals surface area contributed by atoms with Crippen molar-refractivity contribution < 1.29 is 32.5 Å². The van der Waals surface area contributed by atoms with Gasteiger partial charge in [0, 0.05) is 11.1 Å². The highest BCUT2D eigenvalue weighted by molar-refractivity contribution is 5.66. The summed E-state index contributed by atoms with van der Waals surface area (Å²) < 4.78 is 63.1. The number of hydrogen-bond donors (Lipinski definition) is 2. The second kappa shape index (κ2) is 11.3. The third-order valence-electron chi connectivity index (χ3n) is 7.15. The van der Waals surface area contributed by atoms with Crippen LogP contribution in [0.2, 0.25) is 0 Å². The fourth-order valence-corrected chi connectivity index (χ4v) is 5.03. The van der Waals surface area contributed by atoms with E-state index in [-0.39, 0.29) is 35.7 Å². The van der Waals surface area contributed by atoms with Crippen molar-refractivity contribution in [3.8, 4) is 22.6 Å². The van der Waals surface area contributed by atoms with E-state index >= 15 is 0 Å². The zero-order valence-electron chi connectivity index (χ0n) is 20.1. The molecule has 4 rings (SSSR count). The molecule has 1 saturated carbocycles. The highest BCUT2D eigenvalue weighted by Crippen LogP contribution is 2.39. The average Bonchev–Trinajstić information content (AvgIpc) is 2.89. The minimum Gasteiger partial charge on any atom is -0.505 e. The Morgan fingerprint density at radius 2 is 1.53 bits per heavy atom. The van der Waals surface area contributed by atoms with Crippen molar-refractivity contribution in [2.45, 2.75) is 64.1 Å². The normalized spacial score (nSPS) is 18.7. The molecule has 3 nitrogen and oxygen atoms in total. The third kappa shape index (κ3) is 5.51. The number of halogens is 4. The van der Waals surface area contributed by atoms with Crippen LogP contribution in [0, 0.1) is 29.2 Å². The van der Waals surface area contributed by atoms with Gasteiger partial charge in [-0.3, -0.25) is 0 Å². The molecule has 0 spiro atoms. The van der Waals surface area contributed by atoms with Crippen LogP contribution in [0.4, 0.5) is 17.6 Å². The number of phenolic OH excluding ortho intramolecular Hbond substituents is 1. The predicted octanol–water partition coefficient (Wildman–Crippen LogP) is 7.63. The van der Waals surface area contributed by atoms with Crippen molar-refractivity contribution in [2.75, 3.05) is 0 Å². The molecule has 3 aromatic carbocycles. The Kier molecular flexibility index (Phi) is 8.19. The fourth-order valence-electron chi connectivity index (χ4n) is 5.03. The Morgan fingerprint density at radius 1 is 0.833 bits per heavy atom. The highest BCUT2D eigenvalue weighted by atomic mass is 19.2. The predicted molar refractivity (Wildman–Crippen MR) is 130 cm³/mol. The maximum atomic E-state index is 14.9. The first-order valence-electron chi connectivity index (χ1n) is 12.3. The van der Waals surface area contributed by atoms with Crippen molar-refractivity contribution in [1.29, 1.82) is 0 Å². The number of benzene rings is 3. The molecule has 0 amide bonds. The van der Waals surface area contributed by atoms with Crippen LogP contribution < -0.4 is 4.74 Å². The number of aliphatic hydroxyl groups is 1. The van der Waals surface area contributed by atoms with Gasteiger partial charge in [0.1, 0.15) is 12.4 Å². The summed E-state index contributed by atoms with van der Waals surface area (Å²) in [6.07, 6.45) is 4.40. The zero-order chi connectivity index (χ0) is 25.8. The topological polar surface area (TPSA) is 49.7 Å². The van der Waals surface area contributed by atoms with E-state index in [1.807, 2.05) is 6.92 Å². The van der Waals surface area contributed by atoms with Crippen LogP contribution in [-0.2, 0) is 6.61 Å². The summed E-state index contributed by atoms with van der Waals surface area (Å²) in [4.78, 5) is 0. The quantitative estimate of drug-likeness (QED) is 0.312. The first kappa shape index (κ1) is 26.0. The molecule has 1 fully saturated rings. The first-order chi connectivity index (χ1) is 17.3. The number of rotatable bonds is 8. The largest absolute Gasteiger partial charge is 0.505 e. The Bertz CT molecular complexity index is 1190. The lowest BCUT2D eigenvalue weighted by Gasteiger charge is -2.32. The van der Waals surface area contributed by atoms with Gasteiger partial charge in [0.15, 0.2) is 23.2 Å². The van der Waals surface area contributed by atoms with Crippen LogP contribution in [0.15, 0.2) is 48.5 Å². The Hall–Kier alpha value is -3.06. The lowest BCUT2D eigenvalue weighted by molar-refractivity contribution is 0.0727. The maximum absolute atomic E-state index is 14.9. The molecule has 0 aliphatic heterocycles. The molecule has 36 heavy (non-hydrogen) atoms. The van der Waals surface area contributed by atoms with Crippen molar-refractivity contribution in [2.24, 2.45) is 5.92 Å². The van der Waals surface area contributed by atoms with Gasteiger partial charge in [-0.2, -0.15) is 4.39 Å². The van der Waals surface area contributed by atoms with E-state index in [4.69, 9.17) is 4.74 Å². The molecule has 0 radical (unpaired) electrons. The number of aromatic hydroxyl groups is 1. The minimum atomic E-state index is -1.32. The molecule has 0 saturated heterocycles. The molecular weight excluding hydrogens is 472 g/mol. The van der Waals surface area contributed by atoms with Gasteiger partial charge in [0.2, 0.25) is 5.82 Å². The fraction of sp³-hybridized carbons (Fsp3) is 0.379. The van der Waals surface area contributed by atoms with Crippen molar-refractivity contribution in [3.63, 3.8) is 0 Å². The monoisotopic (exact) mass is 502 g/mol. The summed E-state index contributed by atoms with van der Waals surface area (Å²) in [6, 6.07) is 11.6. The second-order valence-electron chi connectivity index (χ2n) is 9.48. The zero-order valence-corrected chi connectivity index (χ0v) is 20.1. The van der Waals surface area contributed by atoms with Crippen molar-refractivity contribution in [1.82, 2.24) is 0 Å². The standard InChI is InChI=1S/C29H30F4O3/c1-2-3-24(34)19-6-4-17(5-7-19)22-13-10-20(26(30)27(22)31)16-36-21-11-8-18(9-12-21)23-14-15-25(35)29(33)28(23)32/h8-15,17,19,24,34-35H,2-7,16H2,1H3. The smallest absolute Gasteiger partial charge is 0.200 e. The molecular formula is C29H30F4O3. The lowest BCUT2D eigenvalue weighted by Crippen LogP contribution is -2.25. The van der Waals surface area contributed by atoms with E-state index < -0.39 is 29.0 Å². The Balaban J connectivity index is 1.39. The minimum absolute atomic E-state index is 0.0190. The van der Waals surface area contributed by atoms with Crippen LogP contribution in [-0.4, -0.2) is 16.3 Å². The van der Waals surface area contributed by atoms with Gasteiger partial charge in [-0.1, -0.05) is 37.6 Å². The van der Waals surface area contributed by atoms with E-state index in [1.165, 1.54) is 36.4 Å². The Labute approximate surface area is 208 Å². The van der Waals surface area contributed by atoms with Gasteiger partial charge < -0.3 is 14.9 Å². The summed E-state index contributed by atoms with van der Waals surface area (Å²) in [5.74, 6) is -4.54. The van der Waals surface area contributed by atoms with Crippen LogP contribution in [0.25, 0.3) is 11.1 Å². The van der Waals surface area contributed by atoms with Gasteiger partial charge in [0.25, 0.3) is 0 Å². The third-order valence-corrected chi connectivity index (χ3v) is 7.15. The van der Waals surface area contributed by atoms with Crippen molar-refractivity contribution >= 4 is 0 Å². The molecule has 0 bridgehead atoms. The summed E-state index contributed by atoms with van der Waals surface area (Å²) in [6.45, 7) is 1.84. The van der Waals surface area contributed by atoms with E-state index in [1.54, 1.807) is 6.07 Å². The number of hydrogen-bond acceptors (Lipinski definition) is 3. The average molecular weight is 503 g/mol. The van der Waals surface area contributed by atoms with Gasteiger partial charge >= 0.3 is 0 Å². The molecule has 0 aromatic heterocycles. The van der Waals surface area contributed by atoms with Crippen LogP contribution in [0.5, 0.6) is 11.5 Å². The SMILES string of the molecule is CCCC(O)C1CCC(c2ccc(COc3ccc(-c4ccc(O)c(F)c4F)cc3)c(F)c2F)CC1. The molecule has 3 aromatic rings. The number of ether oxygens (including phenoxy) is 1. The lowest BCUT2D eigenvalue weighted by atomic mass is 9.76. The van der Waals surface area contributed by atoms with Gasteiger partial charge in [-0.15, -0.1) is 0 Å². The van der Waals surface area contributed by atoms with E-state index in [0.717, 1.165) is 44.6 Å². The summed E-state index contributed by atoms with van der Waals surface area (Å²) >= 11 is 0. The molecule has 1 aliphatic carbocycles. The Morgan fingerprint density at radius 3 is 2.19 bits per heavy atom. The number of aliphatic hydroxyl groups excluding tert-OH is 1. The molecule has 1 atom stereocenters. The van der Waals surface area contributed by atoms with Gasteiger partial charge in [-0.05, 0) is 79.3 Å². The summed E-state index contributed by atoms with van der Waals surface area (Å²) in [5.41, 5.74) is 0.804. The molecule has 1 aliphatic rings. The van der Waals surface area contributed by atoms with Gasteiger partial charge in [0.05, 0.1) is 6.10 Å². The maximum Gasteiger partial charge on any atom is 0.200 e. The highest BCUT2D eigenvalue weighted by Gasteiger charge is 2.29. The second-order valence-corrected chi connectivity index (χ2v) is 9.48. The molecule has 7 heteroatoms. The molecule has 192 valence electrons. The summed E-state index contributed by atoms with van der Waals surface area (Å²) in [5, 5.41) is 19.5. The first-order valence-corrected chi connectivity index (χ1v) is 12.3. The molecule has 0 heterocycles.